The van der Waals surface area contributed by atoms with Gasteiger partial charge in [-0.15, -0.1) is 24.8 Å². The number of hydrogen-bond donors (Lipinski definition) is 2. The minimum atomic E-state index is -0.0339. The summed E-state index contributed by atoms with van der Waals surface area (Å²) in [7, 11) is 5.55. The van der Waals surface area contributed by atoms with Crippen LogP contribution in [-0.4, -0.2) is 51.8 Å². The van der Waals surface area contributed by atoms with Crippen molar-refractivity contribution in [3.05, 3.63) is 35.9 Å². The highest BCUT2D eigenvalue weighted by atomic mass is 35.5. The van der Waals surface area contributed by atoms with Gasteiger partial charge in [-0.1, -0.05) is 18.2 Å². The maximum atomic E-state index is 11.9. The smallest absolute Gasteiger partial charge is 0.234 e. The molecule has 0 saturated carbocycles. The van der Waals surface area contributed by atoms with Crippen LogP contribution in [0, 0.1) is 0 Å². The van der Waals surface area contributed by atoms with Gasteiger partial charge in [-0.3, -0.25) is 4.79 Å². The van der Waals surface area contributed by atoms with Crippen LogP contribution >= 0.6 is 24.8 Å². The van der Waals surface area contributed by atoms with Crippen LogP contribution in [0.5, 0.6) is 0 Å². The highest BCUT2D eigenvalue weighted by Crippen LogP contribution is 2.21. The largest absolute Gasteiger partial charge is 0.383 e. The molecule has 6 nitrogen and oxygen atoms in total. The van der Waals surface area contributed by atoms with Crippen LogP contribution in [0.4, 0.5) is 5.82 Å². The van der Waals surface area contributed by atoms with E-state index < -0.39 is 0 Å². The van der Waals surface area contributed by atoms with Crippen molar-refractivity contribution < 1.29 is 9.53 Å². The van der Waals surface area contributed by atoms with E-state index in [2.05, 4.69) is 15.6 Å². The molecule has 25 heavy (non-hydrogen) atoms. The van der Waals surface area contributed by atoms with Gasteiger partial charge >= 0.3 is 0 Å². The van der Waals surface area contributed by atoms with Crippen molar-refractivity contribution >= 4 is 47.4 Å². The molecule has 0 aliphatic carbocycles. The van der Waals surface area contributed by atoms with Crippen LogP contribution in [0.15, 0.2) is 30.3 Å². The Morgan fingerprint density at radius 3 is 2.64 bits per heavy atom. The van der Waals surface area contributed by atoms with Crippen LogP contribution in [0.3, 0.4) is 0 Å². The van der Waals surface area contributed by atoms with Crippen molar-refractivity contribution in [3.63, 3.8) is 0 Å². The summed E-state index contributed by atoms with van der Waals surface area (Å²) in [5, 5.41) is 7.04. The zero-order valence-electron chi connectivity index (χ0n) is 14.7. The van der Waals surface area contributed by atoms with Crippen molar-refractivity contribution in [2.24, 2.45) is 0 Å². The number of methoxy groups -OCH3 is 1. The van der Waals surface area contributed by atoms with E-state index >= 15 is 0 Å². The van der Waals surface area contributed by atoms with Gasteiger partial charge in [0.05, 0.1) is 18.7 Å². The molecule has 1 amide bonds. The monoisotopic (exact) mass is 388 g/mol. The molecule has 1 aromatic carbocycles. The molecule has 2 N–H and O–H groups in total. The predicted molar refractivity (Wildman–Crippen MR) is 107 cm³/mol. The second-order valence-electron chi connectivity index (χ2n) is 5.50. The number of para-hydroxylation sites is 1. The second kappa shape index (κ2) is 11.9. The van der Waals surface area contributed by atoms with Gasteiger partial charge in [0.1, 0.15) is 5.82 Å². The average Bonchev–Trinajstić information content (AvgIpc) is 2.56. The number of benzene rings is 1. The number of rotatable bonds is 8. The van der Waals surface area contributed by atoms with Crippen LogP contribution in [0.1, 0.15) is 5.56 Å². The summed E-state index contributed by atoms with van der Waals surface area (Å²) in [5.74, 6) is 0.847. The Morgan fingerprint density at radius 2 is 1.96 bits per heavy atom. The summed E-state index contributed by atoms with van der Waals surface area (Å²) < 4.78 is 4.93. The van der Waals surface area contributed by atoms with Gasteiger partial charge in [-0.2, -0.15) is 0 Å². The lowest BCUT2D eigenvalue weighted by molar-refractivity contribution is -0.120. The summed E-state index contributed by atoms with van der Waals surface area (Å²) in [6, 6.07) is 9.98. The fourth-order valence-electron chi connectivity index (χ4n) is 2.24. The van der Waals surface area contributed by atoms with Gasteiger partial charge in [0, 0.05) is 39.7 Å². The number of hydrogen-bond acceptors (Lipinski definition) is 5. The molecule has 2 aromatic rings. The third-order valence-electron chi connectivity index (χ3n) is 3.49. The third-order valence-corrected chi connectivity index (χ3v) is 3.49. The molecule has 0 fully saturated rings. The summed E-state index contributed by atoms with van der Waals surface area (Å²) in [6.45, 7) is 2.02. The number of halogens is 2. The molecule has 8 heteroatoms. The Bertz CT molecular complexity index is 668. The van der Waals surface area contributed by atoms with Crippen molar-refractivity contribution in [1.82, 2.24) is 15.6 Å². The van der Waals surface area contributed by atoms with Gasteiger partial charge in [0.25, 0.3) is 0 Å². The van der Waals surface area contributed by atoms with Crippen LogP contribution in [0.2, 0.25) is 0 Å². The fraction of sp³-hybridized carbons (Fsp3) is 0.412. The molecular formula is C17H26Cl2N4O2. The molecule has 0 saturated heterocycles. The summed E-state index contributed by atoms with van der Waals surface area (Å²) in [4.78, 5) is 18.5. The van der Waals surface area contributed by atoms with E-state index in [0.717, 1.165) is 22.3 Å². The maximum absolute atomic E-state index is 11.9. The maximum Gasteiger partial charge on any atom is 0.234 e. The van der Waals surface area contributed by atoms with Gasteiger partial charge < -0.3 is 20.3 Å². The first kappa shape index (κ1) is 23.4. The van der Waals surface area contributed by atoms with E-state index in [1.165, 1.54) is 0 Å². The quantitative estimate of drug-likeness (QED) is 0.676. The van der Waals surface area contributed by atoms with Crippen molar-refractivity contribution in [1.29, 1.82) is 0 Å². The number of carbonyl (C=O) groups is 1. The predicted octanol–water partition coefficient (Wildman–Crippen LogP) is 2.00. The topological polar surface area (TPSA) is 66.5 Å². The van der Waals surface area contributed by atoms with Gasteiger partial charge in [0.15, 0.2) is 0 Å². The molecule has 0 aliphatic rings. The Morgan fingerprint density at radius 1 is 1.24 bits per heavy atom. The molecule has 0 spiro atoms. The van der Waals surface area contributed by atoms with E-state index in [9.17, 15) is 4.79 Å². The standard InChI is InChI=1S/C17H24N4O2.2ClH/c1-21(2)16-10-13(14-6-4-5-7-15(14)20-16)11-19-17(22)12-18-8-9-23-3;;/h4-7,10,18H,8-9,11-12H2,1-3H3,(H,19,22);2*1H. The molecule has 0 atom stereocenters. The molecule has 0 aliphatic heterocycles. The molecule has 1 aromatic heterocycles. The number of pyridine rings is 1. The molecule has 0 bridgehead atoms. The average molecular weight is 389 g/mol. The van der Waals surface area contributed by atoms with E-state index in [1.54, 1.807) is 7.11 Å². The summed E-state index contributed by atoms with van der Waals surface area (Å²) >= 11 is 0. The Balaban J connectivity index is 0.00000288. The lowest BCUT2D eigenvalue weighted by atomic mass is 10.1. The van der Waals surface area contributed by atoms with Gasteiger partial charge in [0.2, 0.25) is 5.91 Å². The van der Waals surface area contributed by atoms with Crippen molar-refractivity contribution in [2.75, 3.05) is 45.8 Å². The molecule has 0 radical (unpaired) electrons. The number of nitrogens with zero attached hydrogens (tertiary/aromatic N) is 2. The number of carbonyl (C=O) groups excluding carboxylic acids is 1. The number of ether oxygens (including phenoxy) is 1. The fourth-order valence-corrected chi connectivity index (χ4v) is 2.24. The molecule has 2 rings (SSSR count). The number of aromatic nitrogens is 1. The van der Waals surface area contributed by atoms with Gasteiger partial charge in [-0.05, 0) is 17.7 Å². The highest BCUT2D eigenvalue weighted by molar-refractivity contribution is 5.86. The lowest BCUT2D eigenvalue weighted by Crippen LogP contribution is -2.34. The summed E-state index contributed by atoms with van der Waals surface area (Å²) in [6.07, 6.45) is 0. The van der Waals surface area contributed by atoms with Gasteiger partial charge in [-0.25, -0.2) is 4.98 Å². The lowest BCUT2D eigenvalue weighted by Gasteiger charge is -2.15. The Labute approximate surface area is 161 Å². The van der Waals surface area contributed by atoms with Crippen LogP contribution < -0.4 is 15.5 Å². The van der Waals surface area contributed by atoms with E-state index in [1.807, 2.05) is 49.3 Å². The third kappa shape index (κ3) is 7.04. The SMILES string of the molecule is COCCNCC(=O)NCc1cc(N(C)C)nc2ccccc12.Cl.Cl. The number of anilines is 1. The zero-order valence-corrected chi connectivity index (χ0v) is 16.4. The number of nitrogens with one attached hydrogen (secondary N) is 2. The minimum absolute atomic E-state index is 0. The van der Waals surface area contributed by atoms with Crippen molar-refractivity contribution in [3.8, 4) is 0 Å². The van der Waals surface area contributed by atoms with Crippen LogP contribution in [0.25, 0.3) is 10.9 Å². The minimum Gasteiger partial charge on any atom is -0.383 e. The highest BCUT2D eigenvalue weighted by Gasteiger charge is 2.08. The van der Waals surface area contributed by atoms with E-state index in [0.29, 0.717) is 19.7 Å². The zero-order chi connectivity index (χ0) is 16.7. The first-order valence-corrected chi connectivity index (χ1v) is 7.64. The molecule has 1 heterocycles. The number of amides is 1. The Hall–Kier alpha value is -1.60. The molecule has 140 valence electrons. The van der Waals surface area contributed by atoms with Crippen LogP contribution in [-0.2, 0) is 16.1 Å². The summed E-state index contributed by atoms with van der Waals surface area (Å²) in [5.41, 5.74) is 1.99. The number of fused-ring (bicyclic) bond motifs is 1. The first-order chi connectivity index (χ1) is 11.1. The molecule has 0 unspecified atom stereocenters. The first-order valence-electron chi connectivity index (χ1n) is 7.64. The Kier molecular flexibility index (Phi) is 11.1. The normalized spacial score (nSPS) is 9.88. The van der Waals surface area contributed by atoms with E-state index in [-0.39, 0.29) is 37.3 Å². The molecular weight excluding hydrogens is 363 g/mol. The van der Waals surface area contributed by atoms with E-state index in [4.69, 9.17) is 4.74 Å². The van der Waals surface area contributed by atoms with Crippen molar-refractivity contribution in [2.45, 2.75) is 6.54 Å². The second-order valence-corrected chi connectivity index (χ2v) is 5.50.